The molecular weight excluding hydrogens is 316 g/mol. The molecule has 0 atom stereocenters. The third-order valence-corrected chi connectivity index (χ3v) is 3.41. The van der Waals surface area contributed by atoms with E-state index in [0.29, 0.717) is 17.8 Å². The Balaban J connectivity index is 0. The molecule has 25 heavy (non-hydrogen) atoms. The zero-order valence-corrected chi connectivity index (χ0v) is 15.1. The van der Waals surface area contributed by atoms with Crippen molar-refractivity contribution in [2.75, 3.05) is 5.32 Å². The van der Waals surface area contributed by atoms with Gasteiger partial charge in [0.05, 0.1) is 0 Å². The average Bonchev–Trinajstić information content (AvgIpc) is 2.52. The highest BCUT2D eigenvalue weighted by Crippen LogP contribution is 2.17. The van der Waals surface area contributed by atoms with Crippen LogP contribution in [0.15, 0.2) is 48.5 Å². The van der Waals surface area contributed by atoms with Gasteiger partial charge in [0, 0.05) is 22.1 Å². The Morgan fingerprint density at radius 2 is 1.76 bits per heavy atom. The molecule has 0 aliphatic heterocycles. The van der Waals surface area contributed by atoms with E-state index in [4.69, 9.17) is 4.74 Å². The van der Waals surface area contributed by atoms with E-state index >= 15 is 0 Å². The smallest absolute Gasteiger partial charge is 0.412 e. The molecule has 0 fully saturated rings. The maximum Gasteiger partial charge on any atom is 0.412 e. The van der Waals surface area contributed by atoms with Gasteiger partial charge in [-0.2, -0.15) is 0 Å². The lowest BCUT2D eigenvalue weighted by atomic mass is 10.1. The van der Waals surface area contributed by atoms with Crippen molar-refractivity contribution in [2.45, 2.75) is 39.8 Å². The number of carbonyl (C=O) groups is 2. The van der Waals surface area contributed by atoms with Gasteiger partial charge in [-0.1, -0.05) is 30.3 Å². The largest absolute Gasteiger partial charge is 0.444 e. The number of rotatable bonds is 4. The van der Waals surface area contributed by atoms with Crippen molar-refractivity contribution in [2.24, 2.45) is 0 Å². The van der Waals surface area contributed by atoms with Crippen LogP contribution >= 0.6 is 0 Å². The molecule has 5 nitrogen and oxygen atoms in total. The van der Waals surface area contributed by atoms with Crippen LogP contribution in [0.4, 0.5) is 10.5 Å². The summed E-state index contributed by atoms with van der Waals surface area (Å²) >= 11 is 0. The Bertz CT molecular complexity index is 763. The van der Waals surface area contributed by atoms with Gasteiger partial charge in [-0.3, -0.25) is 10.1 Å². The molecule has 0 aromatic heterocycles. The zero-order valence-electron chi connectivity index (χ0n) is 15.1. The SMILES string of the molecule is Cc1cc(NC(=O)OC(C)(C)C)ccc1C(=O)NCc1ccccc1.[HH].[HH].[HH]. The quantitative estimate of drug-likeness (QED) is 0.817. The summed E-state index contributed by atoms with van der Waals surface area (Å²) in [5, 5.41) is 5.57. The summed E-state index contributed by atoms with van der Waals surface area (Å²) in [6, 6.07) is 14.9. The summed E-state index contributed by atoms with van der Waals surface area (Å²) in [6.45, 7) is 7.71. The Labute approximate surface area is 152 Å². The predicted octanol–water partition coefficient (Wildman–Crippen LogP) is 5.01. The maximum atomic E-state index is 12.3. The van der Waals surface area contributed by atoms with Crippen LogP contribution in [0.2, 0.25) is 0 Å². The summed E-state index contributed by atoms with van der Waals surface area (Å²) in [4.78, 5) is 24.1. The molecule has 0 unspecified atom stereocenters. The van der Waals surface area contributed by atoms with Crippen LogP contribution in [0.25, 0.3) is 0 Å². The number of benzene rings is 2. The van der Waals surface area contributed by atoms with Crippen LogP contribution in [-0.2, 0) is 11.3 Å². The summed E-state index contributed by atoms with van der Waals surface area (Å²) in [7, 11) is 0. The molecule has 0 radical (unpaired) electrons. The molecule has 2 N–H and O–H groups in total. The van der Waals surface area contributed by atoms with Crippen molar-refractivity contribution in [1.29, 1.82) is 0 Å². The Hall–Kier alpha value is -2.82. The summed E-state index contributed by atoms with van der Waals surface area (Å²) in [5.41, 5.74) is 2.42. The van der Waals surface area contributed by atoms with Crippen molar-refractivity contribution in [3.63, 3.8) is 0 Å². The van der Waals surface area contributed by atoms with Gasteiger partial charge in [-0.05, 0) is 57.0 Å². The van der Waals surface area contributed by atoms with Gasteiger partial charge in [0.15, 0.2) is 0 Å². The van der Waals surface area contributed by atoms with E-state index in [0.717, 1.165) is 11.1 Å². The van der Waals surface area contributed by atoms with Gasteiger partial charge in [-0.15, -0.1) is 0 Å². The van der Waals surface area contributed by atoms with Gasteiger partial charge in [0.25, 0.3) is 5.91 Å². The van der Waals surface area contributed by atoms with Gasteiger partial charge in [0.2, 0.25) is 0 Å². The standard InChI is InChI=1S/C20H24N2O3.3H2/c1-14-12-16(22-19(24)25-20(2,3)4)10-11-17(14)18(23)21-13-15-8-6-5-7-9-15;;;/h5-12H,13H2,1-4H3,(H,21,23)(H,22,24);3*1H. The molecule has 0 aliphatic rings. The number of aryl methyl sites for hydroxylation is 1. The normalized spacial score (nSPS) is 10.9. The van der Waals surface area contributed by atoms with Crippen molar-refractivity contribution in [3.05, 3.63) is 65.2 Å². The third kappa shape index (κ3) is 5.95. The van der Waals surface area contributed by atoms with Crippen LogP contribution in [0.5, 0.6) is 0 Å². The van der Waals surface area contributed by atoms with E-state index in [-0.39, 0.29) is 10.2 Å². The van der Waals surface area contributed by atoms with E-state index in [2.05, 4.69) is 10.6 Å². The van der Waals surface area contributed by atoms with E-state index in [1.807, 2.05) is 37.3 Å². The molecule has 2 rings (SSSR count). The van der Waals surface area contributed by atoms with Crippen LogP contribution in [0, 0.1) is 6.92 Å². The summed E-state index contributed by atoms with van der Waals surface area (Å²) in [6.07, 6.45) is -0.520. The molecular formula is C20H30N2O3. The lowest BCUT2D eigenvalue weighted by Gasteiger charge is -2.20. The van der Waals surface area contributed by atoms with Gasteiger partial charge in [-0.25, -0.2) is 4.79 Å². The number of carbonyl (C=O) groups excluding carboxylic acids is 2. The number of nitrogens with one attached hydrogen (secondary N) is 2. The Morgan fingerprint density at radius 3 is 2.36 bits per heavy atom. The molecule has 0 bridgehead atoms. The molecule has 0 heterocycles. The predicted molar refractivity (Wildman–Crippen MR) is 105 cm³/mol. The number of ether oxygens (including phenoxy) is 1. The van der Waals surface area contributed by atoms with Crippen molar-refractivity contribution >= 4 is 17.7 Å². The molecule has 0 saturated heterocycles. The molecule has 2 aromatic rings. The number of hydrogen-bond acceptors (Lipinski definition) is 3. The molecule has 5 heteroatoms. The fourth-order valence-electron chi connectivity index (χ4n) is 2.29. The second-order valence-corrected chi connectivity index (χ2v) is 6.82. The maximum absolute atomic E-state index is 12.3. The Kier molecular flexibility index (Phi) is 5.80. The van der Waals surface area contributed by atoms with E-state index in [9.17, 15) is 9.59 Å². The first-order chi connectivity index (χ1) is 11.7. The zero-order chi connectivity index (χ0) is 18.4. The minimum absolute atomic E-state index is 0. The van der Waals surface area contributed by atoms with Crippen LogP contribution in [-0.4, -0.2) is 17.6 Å². The van der Waals surface area contributed by atoms with E-state index in [1.54, 1.807) is 39.0 Å². The highest BCUT2D eigenvalue weighted by atomic mass is 16.6. The molecule has 0 spiro atoms. The van der Waals surface area contributed by atoms with Gasteiger partial charge < -0.3 is 10.1 Å². The molecule has 0 saturated carbocycles. The minimum atomic E-state index is -0.559. The van der Waals surface area contributed by atoms with Gasteiger partial charge in [0.1, 0.15) is 5.60 Å². The third-order valence-electron chi connectivity index (χ3n) is 3.41. The number of amides is 2. The highest BCUT2D eigenvalue weighted by Gasteiger charge is 2.17. The van der Waals surface area contributed by atoms with E-state index in [1.165, 1.54) is 0 Å². The molecule has 0 aliphatic carbocycles. The monoisotopic (exact) mass is 346 g/mol. The number of anilines is 1. The Morgan fingerprint density at radius 1 is 1.08 bits per heavy atom. The van der Waals surface area contributed by atoms with Crippen molar-refractivity contribution in [3.8, 4) is 0 Å². The van der Waals surface area contributed by atoms with Crippen molar-refractivity contribution in [1.82, 2.24) is 5.32 Å². The molecule has 138 valence electrons. The summed E-state index contributed by atoms with van der Waals surface area (Å²) < 4.78 is 5.22. The van der Waals surface area contributed by atoms with E-state index < -0.39 is 11.7 Å². The average molecular weight is 346 g/mol. The van der Waals surface area contributed by atoms with Gasteiger partial charge >= 0.3 is 6.09 Å². The van der Waals surface area contributed by atoms with Crippen LogP contribution < -0.4 is 10.6 Å². The first kappa shape index (κ1) is 18.5. The van der Waals surface area contributed by atoms with Crippen LogP contribution in [0.3, 0.4) is 0 Å². The first-order valence-electron chi connectivity index (χ1n) is 8.17. The summed E-state index contributed by atoms with van der Waals surface area (Å²) in [5.74, 6) is -0.148. The lowest BCUT2D eigenvalue weighted by Crippen LogP contribution is -2.27. The molecule has 2 amide bonds. The fourth-order valence-corrected chi connectivity index (χ4v) is 2.29. The first-order valence-corrected chi connectivity index (χ1v) is 8.17. The molecule has 2 aromatic carbocycles. The van der Waals surface area contributed by atoms with Crippen molar-refractivity contribution < 1.29 is 18.6 Å². The fraction of sp³-hybridized carbons (Fsp3) is 0.300. The lowest BCUT2D eigenvalue weighted by molar-refractivity contribution is 0.0636. The highest BCUT2D eigenvalue weighted by molar-refractivity contribution is 5.96. The van der Waals surface area contributed by atoms with Crippen LogP contribution in [0.1, 0.15) is 46.5 Å². The topological polar surface area (TPSA) is 67.4 Å². The minimum Gasteiger partial charge on any atom is -0.444 e. The second kappa shape index (κ2) is 7.83. The second-order valence-electron chi connectivity index (χ2n) is 6.82. The number of hydrogen-bond donors (Lipinski definition) is 2.